The molecule has 0 aromatic heterocycles. The molecule has 0 aromatic rings. The number of hydrogen-bond donors (Lipinski definition) is 1. The second-order valence-corrected chi connectivity index (χ2v) is 1.69. The molecule has 1 unspecified atom stereocenters. The van der Waals surface area contributed by atoms with Crippen molar-refractivity contribution in [1.82, 2.24) is 0 Å². The van der Waals surface area contributed by atoms with Crippen molar-refractivity contribution in [2.45, 2.75) is 13.0 Å². The predicted octanol–water partition coefficient (Wildman–Crippen LogP) is 0.765. The molecule has 0 saturated carbocycles. The fourth-order valence-corrected chi connectivity index (χ4v) is 0.326. The zero-order valence-electron chi connectivity index (χ0n) is 6.28. The Morgan fingerprint density at radius 3 is 2.91 bits per heavy atom. The molecule has 0 rings (SSSR count). The monoisotopic (exact) mass is 154 g/mol. The number of hydrogen-bond acceptors (Lipinski definition) is 3. The Labute approximate surface area is 65.3 Å². The van der Waals surface area contributed by atoms with E-state index in [-0.39, 0.29) is 0 Å². The van der Waals surface area contributed by atoms with Crippen LogP contribution in [-0.2, 0) is 9.53 Å². The highest BCUT2D eigenvalue weighted by Crippen LogP contribution is 1.89. The molecule has 0 aliphatic heterocycles. The molecule has 3 heteroatoms. The van der Waals surface area contributed by atoms with E-state index in [0.29, 0.717) is 0 Å². The zero-order valence-corrected chi connectivity index (χ0v) is 6.28. The Balaban J connectivity index is 3.88. The average molecular weight is 154 g/mol. The van der Waals surface area contributed by atoms with Crippen LogP contribution in [0.15, 0.2) is 30.7 Å². The molecule has 60 valence electrons. The smallest absolute Gasteiger partial charge is 0.344 e. The van der Waals surface area contributed by atoms with Crippen LogP contribution >= 0.6 is 0 Å². The van der Waals surface area contributed by atoms with Crippen LogP contribution < -0.4 is 0 Å². The van der Waals surface area contributed by atoms with Gasteiger partial charge >= 0.3 is 5.97 Å². The second kappa shape index (κ2) is 5.47. The summed E-state index contributed by atoms with van der Waals surface area (Å²) in [6.07, 6.45) is 2.49. The van der Waals surface area contributed by atoms with E-state index < -0.39 is 12.1 Å². The number of aliphatic hydroxyl groups excluding tert-OH is 1. The molecule has 0 fully saturated rings. The first kappa shape index (κ1) is 9.69. The normalized spacial score (nSPS) is 10.7. The van der Waals surface area contributed by atoms with Crippen LogP contribution in [0.5, 0.6) is 0 Å². The predicted molar refractivity (Wildman–Crippen MR) is 40.6 cm³/mol. The SMILES string of the molecule is C=CC(O)C(=O)OC=C=CC. The van der Waals surface area contributed by atoms with Crippen LogP contribution in [-0.4, -0.2) is 17.2 Å². The molecule has 0 bridgehead atoms. The van der Waals surface area contributed by atoms with Gasteiger partial charge in [0, 0.05) is 0 Å². The van der Waals surface area contributed by atoms with Gasteiger partial charge < -0.3 is 9.84 Å². The van der Waals surface area contributed by atoms with Crippen molar-refractivity contribution >= 4 is 5.97 Å². The van der Waals surface area contributed by atoms with Crippen LogP contribution in [0.3, 0.4) is 0 Å². The second-order valence-electron chi connectivity index (χ2n) is 1.69. The Morgan fingerprint density at radius 2 is 2.45 bits per heavy atom. The quantitative estimate of drug-likeness (QED) is 0.282. The number of carbonyl (C=O) groups excluding carboxylic acids is 1. The molecule has 0 amide bonds. The van der Waals surface area contributed by atoms with E-state index in [0.717, 1.165) is 12.3 Å². The molecule has 0 saturated heterocycles. The summed E-state index contributed by atoms with van der Waals surface area (Å²) in [4.78, 5) is 10.6. The van der Waals surface area contributed by atoms with Crippen molar-refractivity contribution < 1.29 is 14.6 Å². The van der Waals surface area contributed by atoms with Crippen molar-refractivity contribution in [2.24, 2.45) is 0 Å². The summed E-state index contributed by atoms with van der Waals surface area (Å²) < 4.78 is 4.41. The highest BCUT2D eigenvalue weighted by atomic mass is 16.5. The minimum absolute atomic E-state index is 0.755. The highest BCUT2D eigenvalue weighted by Gasteiger charge is 2.09. The first-order chi connectivity index (χ1) is 5.22. The van der Waals surface area contributed by atoms with E-state index in [2.05, 4.69) is 17.0 Å². The number of aliphatic hydroxyl groups is 1. The van der Waals surface area contributed by atoms with Gasteiger partial charge in [-0.1, -0.05) is 18.4 Å². The zero-order chi connectivity index (χ0) is 8.69. The third-order valence-corrected chi connectivity index (χ3v) is 0.875. The van der Waals surface area contributed by atoms with E-state index in [4.69, 9.17) is 5.11 Å². The lowest BCUT2D eigenvalue weighted by molar-refractivity contribution is -0.145. The molecule has 0 spiro atoms. The van der Waals surface area contributed by atoms with E-state index >= 15 is 0 Å². The Kier molecular flexibility index (Phi) is 4.82. The minimum Gasteiger partial charge on any atom is -0.424 e. The van der Waals surface area contributed by atoms with Crippen molar-refractivity contribution in [3.05, 3.63) is 30.7 Å². The van der Waals surface area contributed by atoms with E-state index in [9.17, 15) is 4.79 Å². The summed E-state index contributed by atoms with van der Waals surface area (Å²) in [5.41, 5.74) is 2.52. The summed E-state index contributed by atoms with van der Waals surface area (Å²) in [7, 11) is 0. The Bertz CT molecular complexity index is 199. The molecular formula is C8H10O3. The molecule has 1 atom stereocenters. The first-order valence-corrected chi connectivity index (χ1v) is 3.09. The van der Waals surface area contributed by atoms with Crippen LogP contribution in [0.25, 0.3) is 0 Å². The minimum atomic E-state index is -1.26. The molecule has 0 aromatic carbocycles. The first-order valence-electron chi connectivity index (χ1n) is 3.09. The van der Waals surface area contributed by atoms with Gasteiger partial charge in [0.25, 0.3) is 0 Å². The van der Waals surface area contributed by atoms with Crippen molar-refractivity contribution in [2.75, 3.05) is 0 Å². The molecule has 0 aliphatic rings. The molecular weight excluding hydrogens is 144 g/mol. The largest absolute Gasteiger partial charge is 0.424 e. The van der Waals surface area contributed by atoms with Gasteiger partial charge in [-0.2, -0.15) is 0 Å². The molecule has 0 heterocycles. The fraction of sp³-hybridized carbons (Fsp3) is 0.250. The lowest BCUT2D eigenvalue weighted by Gasteiger charge is -1.99. The molecule has 3 nitrogen and oxygen atoms in total. The lowest BCUT2D eigenvalue weighted by Crippen LogP contribution is -2.17. The Hall–Kier alpha value is -1.31. The summed E-state index contributed by atoms with van der Waals surface area (Å²) in [5.74, 6) is -0.755. The van der Waals surface area contributed by atoms with E-state index in [1.165, 1.54) is 0 Å². The molecule has 1 N–H and O–H groups in total. The highest BCUT2D eigenvalue weighted by molar-refractivity contribution is 5.76. The summed E-state index contributed by atoms with van der Waals surface area (Å²) in [6, 6.07) is 0. The van der Waals surface area contributed by atoms with Crippen molar-refractivity contribution in [3.63, 3.8) is 0 Å². The van der Waals surface area contributed by atoms with Crippen LogP contribution in [0.2, 0.25) is 0 Å². The van der Waals surface area contributed by atoms with Crippen LogP contribution in [0, 0.1) is 0 Å². The van der Waals surface area contributed by atoms with Gasteiger partial charge in [-0.15, -0.1) is 0 Å². The third kappa shape index (κ3) is 4.14. The molecule has 11 heavy (non-hydrogen) atoms. The number of rotatable bonds is 3. The standard InChI is InChI=1S/C8H10O3/c1-3-5-6-11-8(10)7(9)4-2/h3-4,6-7,9H,2H2,1H3. The van der Waals surface area contributed by atoms with E-state index in [1.54, 1.807) is 13.0 Å². The maximum absolute atomic E-state index is 10.6. The van der Waals surface area contributed by atoms with Gasteiger partial charge in [-0.25, -0.2) is 4.79 Å². The fourth-order valence-electron chi connectivity index (χ4n) is 0.326. The van der Waals surface area contributed by atoms with E-state index in [1.807, 2.05) is 0 Å². The van der Waals surface area contributed by atoms with Gasteiger partial charge in [0.1, 0.15) is 6.26 Å². The van der Waals surface area contributed by atoms with Crippen LogP contribution in [0.4, 0.5) is 0 Å². The maximum Gasteiger partial charge on any atom is 0.344 e. The lowest BCUT2D eigenvalue weighted by atomic mass is 10.4. The van der Waals surface area contributed by atoms with Crippen LogP contribution in [0.1, 0.15) is 6.92 Å². The maximum atomic E-state index is 10.6. The third-order valence-electron chi connectivity index (χ3n) is 0.875. The molecule has 0 radical (unpaired) electrons. The average Bonchev–Trinajstić information content (AvgIpc) is 2.03. The summed E-state index contributed by atoms with van der Waals surface area (Å²) >= 11 is 0. The number of esters is 1. The van der Waals surface area contributed by atoms with Crippen molar-refractivity contribution in [3.8, 4) is 0 Å². The number of ether oxygens (including phenoxy) is 1. The van der Waals surface area contributed by atoms with Crippen molar-refractivity contribution in [1.29, 1.82) is 0 Å². The summed E-state index contributed by atoms with van der Waals surface area (Å²) in [5, 5.41) is 8.78. The van der Waals surface area contributed by atoms with Gasteiger partial charge in [-0.05, 0) is 13.0 Å². The molecule has 0 aliphatic carbocycles. The summed E-state index contributed by atoms with van der Waals surface area (Å²) in [6.45, 7) is 4.95. The van der Waals surface area contributed by atoms with Gasteiger partial charge in [-0.3, -0.25) is 0 Å². The topological polar surface area (TPSA) is 46.5 Å². The van der Waals surface area contributed by atoms with Gasteiger partial charge in [0.05, 0.1) is 0 Å². The Morgan fingerprint density at radius 1 is 1.82 bits per heavy atom. The number of carbonyl (C=O) groups is 1. The van der Waals surface area contributed by atoms with Gasteiger partial charge in [0.2, 0.25) is 0 Å². The van der Waals surface area contributed by atoms with Gasteiger partial charge in [0.15, 0.2) is 6.10 Å². The number of allylic oxidation sites excluding steroid dienone is 1.